The highest BCUT2D eigenvalue weighted by Gasteiger charge is 2.27. The van der Waals surface area contributed by atoms with Gasteiger partial charge in [0.05, 0.1) is 17.5 Å². The molecule has 1 N–H and O–H groups in total. The molecule has 0 aliphatic carbocycles. The van der Waals surface area contributed by atoms with Gasteiger partial charge in [0, 0.05) is 25.0 Å². The highest BCUT2D eigenvalue weighted by atomic mass is 32.2. The molecule has 3 rings (SSSR count). The summed E-state index contributed by atoms with van der Waals surface area (Å²) in [5, 5.41) is 3.85. The lowest BCUT2D eigenvalue weighted by molar-refractivity contribution is 0.877. The molecule has 1 aromatic rings. The van der Waals surface area contributed by atoms with E-state index in [4.69, 9.17) is 0 Å². The number of benzene rings is 1. The van der Waals surface area contributed by atoms with Crippen LogP contribution in [-0.2, 0) is 0 Å². The first-order chi connectivity index (χ1) is 8.24. The number of rotatable bonds is 1. The molecule has 0 saturated heterocycles. The average molecular weight is 247 g/mol. The Labute approximate surface area is 106 Å². The molecule has 3 nitrogen and oxygen atoms in total. The van der Waals surface area contributed by atoms with Gasteiger partial charge in [-0.05, 0) is 24.6 Å². The molecule has 2 aliphatic heterocycles. The molecule has 2 heterocycles. The fourth-order valence-corrected chi connectivity index (χ4v) is 3.69. The van der Waals surface area contributed by atoms with Crippen molar-refractivity contribution in [3.8, 4) is 0 Å². The predicted octanol–water partition coefficient (Wildman–Crippen LogP) is 1.91. The van der Waals surface area contributed by atoms with Crippen molar-refractivity contribution < 1.29 is 0 Å². The quantitative estimate of drug-likeness (QED) is 0.821. The number of amidine groups is 1. The Morgan fingerprint density at radius 1 is 1.47 bits per heavy atom. The zero-order valence-electron chi connectivity index (χ0n) is 10.2. The minimum atomic E-state index is 0.456. The summed E-state index contributed by atoms with van der Waals surface area (Å²) in [5.74, 6) is 1.17. The van der Waals surface area contributed by atoms with E-state index in [0.29, 0.717) is 5.25 Å². The van der Waals surface area contributed by atoms with E-state index < -0.39 is 0 Å². The molecule has 0 bridgehead atoms. The van der Waals surface area contributed by atoms with Crippen molar-refractivity contribution in [1.82, 2.24) is 5.32 Å². The van der Waals surface area contributed by atoms with Gasteiger partial charge in [-0.25, -0.2) is 0 Å². The Morgan fingerprint density at radius 2 is 2.35 bits per heavy atom. The van der Waals surface area contributed by atoms with Crippen molar-refractivity contribution in [2.45, 2.75) is 17.1 Å². The molecule has 4 heteroatoms. The van der Waals surface area contributed by atoms with E-state index in [1.54, 1.807) is 0 Å². The van der Waals surface area contributed by atoms with Crippen LogP contribution >= 0.6 is 11.8 Å². The molecule has 17 heavy (non-hydrogen) atoms. The van der Waals surface area contributed by atoms with Gasteiger partial charge in [-0.1, -0.05) is 6.07 Å². The first kappa shape index (κ1) is 11.0. The van der Waals surface area contributed by atoms with Crippen LogP contribution in [0.15, 0.2) is 28.1 Å². The third kappa shape index (κ3) is 2.02. The minimum Gasteiger partial charge on any atom is -0.372 e. The van der Waals surface area contributed by atoms with E-state index in [9.17, 15) is 0 Å². The molecule has 0 saturated carbocycles. The molecule has 0 fully saturated rings. The zero-order chi connectivity index (χ0) is 11.8. The van der Waals surface area contributed by atoms with E-state index in [1.165, 1.54) is 22.0 Å². The summed E-state index contributed by atoms with van der Waals surface area (Å²) in [6.07, 6.45) is 0. The van der Waals surface area contributed by atoms with Crippen LogP contribution in [0.5, 0.6) is 0 Å². The summed E-state index contributed by atoms with van der Waals surface area (Å²) in [5.41, 5.74) is 2.68. The summed E-state index contributed by atoms with van der Waals surface area (Å²) < 4.78 is 0. The van der Waals surface area contributed by atoms with Crippen LogP contribution in [-0.4, -0.2) is 37.8 Å². The van der Waals surface area contributed by atoms with Gasteiger partial charge in [0.25, 0.3) is 0 Å². The lowest BCUT2D eigenvalue weighted by Crippen LogP contribution is -2.40. The van der Waals surface area contributed by atoms with Gasteiger partial charge < -0.3 is 10.2 Å². The predicted molar refractivity (Wildman–Crippen MR) is 74.4 cm³/mol. The molecule has 0 spiro atoms. The van der Waals surface area contributed by atoms with Crippen molar-refractivity contribution >= 4 is 23.3 Å². The monoisotopic (exact) mass is 247 g/mol. The van der Waals surface area contributed by atoms with Crippen LogP contribution in [0.1, 0.15) is 5.56 Å². The van der Waals surface area contributed by atoms with E-state index in [1.807, 2.05) is 11.8 Å². The maximum Gasteiger partial charge on any atom is 0.112 e. The molecular formula is C13H17N3S. The standard InChI is InChI=1S/C13H17N3S/c1-9-3-4-11-10(7-9)16(2)8-12(17-11)13-14-5-6-15-13/h3-4,7,12H,5-6,8H2,1-2H3,(H,14,15). The number of aliphatic imine (C=N–C) groups is 1. The number of nitrogens with zero attached hydrogens (tertiary/aromatic N) is 2. The van der Waals surface area contributed by atoms with E-state index in [2.05, 4.69) is 47.4 Å². The van der Waals surface area contributed by atoms with Gasteiger partial charge >= 0.3 is 0 Å². The maximum atomic E-state index is 4.54. The van der Waals surface area contributed by atoms with E-state index in [-0.39, 0.29) is 0 Å². The molecule has 90 valence electrons. The van der Waals surface area contributed by atoms with Gasteiger partial charge in [0.2, 0.25) is 0 Å². The zero-order valence-corrected chi connectivity index (χ0v) is 11.0. The molecule has 2 aliphatic rings. The number of nitrogens with one attached hydrogen (secondary N) is 1. The third-order valence-corrected chi connectivity index (χ3v) is 4.50. The minimum absolute atomic E-state index is 0.456. The second-order valence-corrected chi connectivity index (χ2v) is 5.90. The number of hydrogen-bond donors (Lipinski definition) is 1. The molecule has 0 amide bonds. The highest BCUT2D eigenvalue weighted by molar-refractivity contribution is 8.01. The number of aryl methyl sites for hydroxylation is 1. The number of anilines is 1. The second kappa shape index (κ2) is 4.26. The van der Waals surface area contributed by atoms with E-state index in [0.717, 1.165) is 19.6 Å². The molecule has 0 radical (unpaired) electrons. The van der Waals surface area contributed by atoms with Crippen LogP contribution in [0.3, 0.4) is 0 Å². The molecule has 1 unspecified atom stereocenters. The fourth-order valence-electron chi connectivity index (χ4n) is 2.34. The summed E-state index contributed by atoms with van der Waals surface area (Å²) in [4.78, 5) is 8.25. The van der Waals surface area contributed by atoms with Crippen LogP contribution in [0.4, 0.5) is 5.69 Å². The maximum absolute atomic E-state index is 4.54. The number of fused-ring (bicyclic) bond motifs is 1. The van der Waals surface area contributed by atoms with Crippen LogP contribution in [0, 0.1) is 6.92 Å². The first-order valence-electron chi connectivity index (χ1n) is 6.01. The van der Waals surface area contributed by atoms with Gasteiger partial charge in [0.1, 0.15) is 5.84 Å². The molecule has 0 aromatic heterocycles. The van der Waals surface area contributed by atoms with Crippen LogP contribution in [0.2, 0.25) is 0 Å². The summed E-state index contributed by atoms with van der Waals surface area (Å²) in [7, 11) is 2.17. The SMILES string of the molecule is Cc1ccc2c(c1)N(C)CC(C1=NCCN1)S2. The van der Waals surface area contributed by atoms with Crippen LogP contribution < -0.4 is 10.2 Å². The lowest BCUT2D eigenvalue weighted by atomic mass is 10.2. The topological polar surface area (TPSA) is 27.6 Å². The Bertz CT molecular complexity index is 470. The smallest absolute Gasteiger partial charge is 0.112 e. The van der Waals surface area contributed by atoms with Gasteiger partial charge in [-0.3, -0.25) is 4.99 Å². The highest BCUT2D eigenvalue weighted by Crippen LogP contribution is 2.38. The van der Waals surface area contributed by atoms with Crippen molar-refractivity contribution in [3.63, 3.8) is 0 Å². The second-order valence-electron chi connectivity index (χ2n) is 4.65. The van der Waals surface area contributed by atoms with Gasteiger partial charge in [0.15, 0.2) is 0 Å². The largest absolute Gasteiger partial charge is 0.372 e. The molecule has 1 aromatic carbocycles. The lowest BCUT2D eigenvalue weighted by Gasteiger charge is -2.33. The number of thioether (sulfide) groups is 1. The van der Waals surface area contributed by atoms with Crippen molar-refractivity contribution in [2.75, 3.05) is 31.6 Å². The summed E-state index contributed by atoms with van der Waals surface area (Å²) in [6.45, 7) is 5.11. The third-order valence-electron chi connectivity index (χ3n) is 3.24. The normalized spacial score (nSPS) is 23.1. The Kier molecular flexibility index (Phi) is 2.74. The summed E-state index contributed by atoms with van der Waals surface area (Å²) in [6, 6.07) is 6.68. The Hall–Kier alpha value is -1.16. The van der Waals surface area contributed by atoms with Crippen molar-refractivity contribution in [2.24, 2.45) is 4.99 Å². The molecule has 1 atom stereocenters. The van der Waals surface area contributed by atoms with Crippen LogP contribution in [0.25, 0.3) is 0 Å². The van der Waals surface area contributed by atoms with Crippen molar-refractivity contribution in [3.05, 3.63) is 23.8 Å². The fraction of sp³-hybridized carbons (Fsp3) is 0.462. The first-order valence-corrected chi connectivity index (χ1v) is 6.88. The average Bonchev–Trinajstić information content (AvgIpc) is 2.83. The van der Waals surface area contributed by atoms with Crippen molar-refractivity contribution in [1.29, 1.82) is 0 Å². The van der Waals surface area contributed by atoms with Gasteiger partial charge in [-0.2, -0.15) is 0 Å². The Balaban J connectivity index is 1.90. The number of hydrogen-bond acceptors (Lipinski definition) is 4. The van der Waals surface area contributed by atoms with E-state index >= 15 is 0 Å². The van der Waals surface area contributed by atoms with Gasteiger partial charge in [-0.15, -0.1) is 11.8 Å². The molecular weight excluding hydrogens is 230 g/mol. The Morgan fingerprint density at radius 3 is 3.12 bits per heavy atom. The summed E-state index contributed by atoms with van der Waals surface area (Å²) >= 11 is 1.93.